The molecule has 2 aliphatic rings. The number of imide groups is 1. The van der Waals surface area contributed by atoms with Crippen LogP contribution in [-0.4, -0.2) is 34.7 Å². The van der Waals surface area contributed by atoms with Crippen molar-refractivity contribution in [1.82, 2.24) is 10.2 Å². The molecular weight excluding hydrogens is 232 g/mol. The summed E-state index contributed by atoms with van der Waals surface area (Å²) in [6, 6.07) is 0. The number of carbonyl (C=O) groups excluding carboxylic acids is 3. The summed E-state index contributed by atoms with van der Waals surface area (Å²) in [5, 5.41) is 2.29. The van der Waals surface area contributed by atoms with E-state index in [-0.39, 0.29) is 30.2 Å². The van der Waals surface area contributed by atoms with Crippen molar-refractivity contribution in [2.45, 2.75) is 51.5 Å². The lowest BCUT2D eigenvalue weighted by Crippen LogP contribution is -2.66. The van der Waals surface area contributed by atoms with E-state index < -0.39 is 5.54 Å². The van der Waals surface area contributed by atoms with Gasteiger partial charge < -0.3 is 4.90 Å². The molecule has 0 aromatic rings. The quantitative estimate of drug-likeness (QED) is 0.703. The van der Waals surface area contributed by atoms with Gasteiger partial charge in [0.15, 0.2) is 0 Å². The number of amides is 3. The zero-order chi connectivity index (χ0) is 13.3. The van der Waals surface area contributed by atoms with Crippen LogP contribution in [0.2, 0.25) is 0 Å². The monoisotopic (exact) mass is 252 g/mol. The second kappa shape index (κ2) is 4.71. The Morgan fingerprint density at radius 3 is 2.44 bits per heavy atom. The van der Waals surface area contributed by atoms with E-state index in [0.29, 0.717) is 0 Å². The van der Waals surface area contributed by atoms with E-state index >= 15 is 0 Å². The van der Waals surface area contributed by atoms with Crippen LogP contribution in [0.3, 0.4) is 0 Å². The topological polar surface area (TPSA) is 66.5 Å². The van der Waals surface area contributed by atoms with Gasteiger partial charge in [0.1, 0.15) is 12.1 Å². The first-order valence-electron chi connectivity index (χ1n) is 6.58. The largest absolute Gasteiger partial charge is 0.319 e. The number of piperazine rings is 1. The second-order valence-electron chi connectivity index (χ2n) is 5.70. The van der Waals surface area contributed by atoms with E-state index in [9.17, 15) is 14.4 Å². The highest BCUT2D eigenvalue weighted by atomic mass is 16.2. The van der Waals surface area contributed by atoms with Crippen molar-refractivity contribution in [3.05, 3.63) is 0 Å². The molecule has 100 valence electrons. The summed E-state index contributed by atoms with van der Waals surface area (Å²) in [5.74, 6) is -0.828. The lowest BCUT2D eigenvalue weighted by atomic mass is 9.86. The van der Waals surface area contributed by atoms with Crippen LogP contribution in [0.4, 0.5) is 0 Å². The van der Waals surface area contributed by atoms with E-state index in [2.05, 4.69) is 5.32 Å². The summed E-state index contributed by atoms with van der Waals surface area (Å²) >= 11 is 0. The van der Waals surface area contributed by atoms with Crippen molar-refractivity contribution in [3.63, 3.8) is 0 Å². The molecule has 0 radical (unpaired) electrons. The van der Waals surface area contributed by atoms with Gasteiger partial charge in [0.2, 0.25) is 11.8 Å². The Morgan fingerprint density at radius 1 is 1.22 bits per heavy atom. The van der Waals surface area contributed by atoms with E-state index in [1.165, 1.54) is 11.3 Å². The molecule has 1 aliphatic carbocycles. The molecule has 1 N–H and O–H groups in total. The zero-order valence-electron chi connectivity index (χ0n) is 11.0. The van der Waals surface area contributed by atoms with Gasteiger partial charge in [0.05, 0.1) is 0 Å². The highest BCUT2D eigenvalue weighted by Gasteiger charge is 2.45. The molecule has 1 saturated heterocycles. The molecule has 3 amide bonds. The number of carbonyl (C=O) groups is 3. The highest BCUT2D eigenvalue weighted by molar-refractivity contribution is 6.06. The van der Waals surface area contributed by atoms with Gasteiger partial charge in [-0.15, -0.1) is 0 Å². The summed E-state index contributed by atoms with van der Waals surface area (Å²) in [7, 11) is 0. The molecule has 18 heavy (non-hydrogen) atoms. The Balaban J connectivity index is 2.16. The van der Waals surface area contributed by atoms with Crippen molar-refractivity contribution in [2.24, 2.45) is 5.92 Å². The molecule has 5 nitrogen and oxygen atoms in total. The molecule has 1 aliphatic heterocycles. The molecular formula is C13H20N2O3. The summed E-state index contributed by atoms with van der Waals surface area (Å²) in [5.41, 5.74) is -0.928. The lowest BCUT2D eigenvalue weighted by Gasteiger charge is -2.42. The Hall–Kier alpha value is -1.39. The van der Waals surface area contributed by atoms with Gasteiger partial charge in [0.25, 0.3) is 5.91 Å². The first-order valence-corrected chi connectivity index (χ1v) is 6.58. The number of nitrogens with one attached hydrogen (secondary N) is 1. The molecule has 1 heterocycles. The van der Waals surface area contributed by atoms with E-state index in [1.54, 1.807) is 13.8 Å². The fraction of sp³-hybridized carbons (Fsp3) is 0.769. The minimum absolute atomic E-state index is 0.00588. The molecule has 2 fully saturated rings. The van der Waals surface area contributed by atoms with Crippen LogP contribution < -0.4 is 5.32 Å². The first-order chi connectivity index (χ1) is 8.43. The predicted octanol–water partition coefficient (Wildman–Crippen LogP) is 0.830. The zero-order valence-corrected chi connectivity index (χ0v) is 11.0. The number of nitrogens with zero attached hydrogens (tertiary/aromatic N) is 1. The third-order valence-corrected chi connectivity index (χ3v) is 4.01. The Bertz CT molecular complexity index is 384. The van der Waals surface area contributed by atoms with Gasteiger partial charge in [-0.2, -0.15) is 0 Å². The van der Waals surface area contributed by atoms with E-state index in [1.807, 2.05) is 0 Å². The number of rotatable bonds is 1. The van der Waals surface area contributed by atoms with Crippen LogP contribution >= 0.6 is 0 Å². The third-order valence-electron chi connectivity index (χ3n) is 4.01. The van der Waals surface area contributed by atoms with Gasteiger partial charge in [-0.3, -0.25) is 19.7 Å². The minimum atomic E-state index is -0.928. The van der Waals surface area contributed by atoms with Crippen LogP contribution in [-0.2, 0) is 14.4 Å². The average Bonchev–Trinajstić information content (AvgIpc) is 2.34. The normalized spacial score (nSPS) is 24.9. The molecule has 0 spiro atoms. The number of hydrogen-bond donors (Lipinski definition) is 1. The predicted molar refractivity (Wildman–Crippen MR) is 65.5 cm³/mol. The molecule has 2 rings (SSSR count). The SMILES string of the molecule is CC1(C)C(=O)NC(=O)CN1C(=O)C1CCCCC1. The summed E-state index contributed by atoms with van der Waals surface area (Å²) in [6.45, 7) is 3.37. The van der Waals surface area contributed by atoms with Crippen LogP contribution in [0.15, 0.2) is 0 Å². The van der Waals surface area contributed by atoms with E-state index in [0.717, 1.165) is 25.7 Å². The Kier molecular flexibility index (Phi) is 3.41. The minimum Gasteiger partial charge on any atom is -0.319 e. The van der Waals surface area contributed by atoms with E-state index in [4.69, 9.17) is 0 Å². The van der Waals surface area contributed by atoms with Crippen LogP contribution in [0.5, 0.6) is 0 Å². The average molecular weight is 252 g/mol. The Morgan fingerprint density at radius 2 is 1.83 bits per heavy atom. The standard InChI is InChI=1S/C13H20N2O3/c1-13(2)12(18)14-10(16)8-15(13)11(17)9-6-4-3-5-7-9/h9H,3-8H2,1-2H3,(H,14,16,18). The van der Waals surface area contributed by atoms with Crippen molar-refractivity contribution in [1.29, 1.82) is 0 Å². The Labute approximate surface area is 107 Å². The maximum absolute atomic E-state index is 12.5. The maximum atomic E-state index is 12.5. The first kappa shape index (κ1) is 13.1. The maximum Gasteiger partial charge on any atom is 0.252 e. The molecule has 0 atom stereocenters. The van der Waals surface area contributed by atoms with Crippen molar-refractivity contribution in [3.8, 4) is 0 Å². The number of hydrogen-bond acceptors (Lipinski definition) is 3. The smallest absolute Gasteiger partial charge is 0.252 e. The summed E-state index contributed by atoms with van der Waals surface area (Å²) in [4.78, 5) is 37.1. The molecule has 0 aromatic carbocycles. The van der Waals surface area contributed by atoms with Crippen LogP contribution in [0.1, 0.15) is 46.0 Å². The van der Waals surface area contributed by atoms with Gasteiger partial charge in [-0.05, 0) is 26.7 Å². The summed E-state index contributed by atoms with van der Waals surface area (Å²) in [6.07, 6.45) is 5.05. The fourth-order valence-electron chi connectivity index (χ4n) is 2.71. The third kappa shape index (κ3) is 2.26. The molecule has 0 bridgehead atoms. The summed E-state index contributed by atoms with van der Waals surface area (Å²) < 4.78 is 0. The van der Waals surface area contributed by atoms with Crippen LogP contribution in [0.25, 0.3) is 0 Å². The van der Waals surface area contributed by atoms with Crippen molar-refractivity contribution < 1.29 is 14.4 Å². The molecule has 0 unspecified atom stereocenters. The molecule has 5 heteroatoms. The van der Waals surface area contributed by atoms with Gasteiger partial charge in [-0.25, -0.2) is 0 Å². The lowest BCUT2D eigenvalue weighted by molar-refractivity contribution is -0.158. The van der Waals surface area contributed by atoms with Crippen molar-refractivity contribution in [2.75, 3.05) is 6.54 Å². The molecule has 1 saturated carbocycles. The van der Waals surface area contributed by atoms with Gasteiger partial charge in [0, 0.05) is 5.92 Å². The molecule has 0 aromatic heterocycles. The van der Waals surface area contributed by atoms with Crippen molar-refractivity contribution >= 4 is 17.7 Å². The van der Waals surface area contributed by atoms with Gasteiger partial charge >= 0.3 is 0 Å². The van der Waals surface area contributed by atoms with Crippen LogP contribution in [0, 0.1) is 5.92 Å². The highest BCUT2D eigenvalue weighted by Crippen LogP contribution is 2.29. The second-order valence-corrected chi connectivity index (χ2v) is 5.70. The van der Waals surface area contributed by atoms with Gasteiger partial charge in [-0.1, -0.05) is 19.3 Å². The fourth-order valence-corrected chi connectivity index (χ4v) is 2.71.